The van der Waals surface area contributed by atoms with Crippen LogP contribution >= 0.6 is 22.7 Å². The summed E-state index contributed by atoms with van der Waals surface area (Å²) in [4.78, 5) is 0. The lowest BCUT2D eigenvalue weighted by atomic mass is 10.4. The van der Waals surface area contributed by atoms with Gasteiger partial charge in [-0.15, -0.1) is 29.3 Å². The zero-order valence-corrected chi connectivity index (χ0v) is 9.29. The Morgan fingerprint density at radius 1 is 1.55 bits per heavy atom. The average molecular weight is 213 g/mol. The predicted octanol–water partition coefficient (Wildman–Crippen LogP) is 3.06. The van der Waals surface area contributed by atoms with Crippen LogP contribution < -0.4 is 0 Å². The molecule has 0 amide bonds. The van der Waals surface area contributed by atoms with Crippen molar-refractivity contribution in [2.45, 2.75) is 19.4 Å². The van der Waals surface area contributed by atoms with Crippen molar-refractivity contribution < 1.29 is 4.43 Å². The Morgan fingerprint density at radius 3 is 2.64 bits per heavy atom. The molecular weight excluding hydrogens is 199 g/mol. The second-order valence-electron chi connectivity index (χ2n) is 2.43. The quantitative estimate of drug-likeness (QED) is 0.285. The molecule has 0 aliphatic rings. The van der Waals surface area contributed by atoms with Gasteiger partial charge in [0.05, 0.1) is 0 Å². The van der Waals surface area contributed by atoms with E-state index in [0.717, 1.165) is 12.8 Å². The van der Waals surface area contributed by atoms with E-state index in [1.165, 1.54) is 0 Å². The Labute approximate surface area is 79.2 Å². The molecule has 1 unspecified atom stereocenters. The molecule has 1 atom stereocenters. The lowest BCUT2D eigenvalue weighted by Gasteiger charge is -2.14. The average Bonchev–Trinajstić information content (AvgIpc) is 1.99. The largest absolute Gasteiger partial charge is 0.400 e. The summed E-state index contributed by atoms with van der Waals surface area (Å²) < 4.78 is 5.41. The van der Waals surface area contributed by atoms with Gasteiger partial charge in [-0.2, -0.15) is 0 Å². The molecule has 0 aromatic rings. The van der Waals surface area contributed by atoms with Crippen molar-refractivity contribution in [3.8, 4) is 0 Å². The monoisotopic (exact) mass is 212 g/mol. The van der Waals surface area contributed by atoms with Gasteiger partial charge < -0.3 is 4.43 Å². The van der Waals surface area contributed by atoms with Gasteiger partial charge in [-0.05, 0) is 19.4 Å². The Balaban J connectivity index is 3.30. The van der Waals surface area contributed by atoms with Gasteiger partial charge in [0.2, 0.25) is 0 Å². The van der Waals surface area contributed by atoms with Crippen molar-refractivity contribution in [2.24, 2.45) is 0 Å². The van der Waals surface area contributed by atoms with E-state index in [-0.39, 0.29) is 0 Å². The minimum absolute atomic E-state index is 0.692. The molecular formula is C7H14Cl2OSi. The molecule has 0 saturated heterocycles. The number of alkyl halides is 1. The number of hydrogen-bond donors (Lipinski definition) is 0. The standard InChI is InChI=1S/C7H14Cl2OSi/c1-3-11(2,9)10-7-5-4-6-8/h3H,1,4-7H2,2H3. The van der Waals surface area contributed by atoms with Gasteiger partial charge in [0.1, 0.15) is 0 Å². The summed E-state index contributed by atoms with van der Waals surface area (Å²) in [5, 5.41) is 0. The van der Waals surface area contributed by atoms with Crippen LogP contribution in [0.5, 0.6) is 0 Å². The molecule has 0 aliphatic heterocycles. The summed E-state index contributed by atoms with van der Waals surface area (Å²) in [6.45, 7) is 6.21. The van der Waals surface area contributed by atoms with Crippen molar-refractivity contribution in [3.05, 3.63) is 12.3 Å². The van der Waals surface area contributed by atoms with Crippen molar-refractivity contribution in [2.75, 3.05) is 12.5 Å². The maximum absolute atomic E-state index is 5.97. The lowest BCUT2D eigenvalue weighted by molar-refractivity contribution is 0.315. The third-order valence-corrected chi connectivity index (χ3v) is 3.83. The summed E-state index contributed by atoms with van der Waals surface area (Å²) in [5.74, 6) is 0.692. The highest BCUT2D eigenvalue weighted by atomic mass is 35.6. The molecule has 0 radical (unpaired) electrons. The van der Waals surface area contributed by atoms with Gasteiger partial charge in [0.15, 0.2) is 0 Å². The highest BCUT2D eigenvalue weighted by Gasteiger charge is 2.20. The van der Waals surface area contributed by atoms with E-state index < -0.39 is 7.63 Å². The molecule has 0 aliphatic carbocycles. The summed E-state index contributed by atoms with van der Waals surface area (Å²) in [5.41, 5.74) is 1.72. The van der Waals surface area contributed by atoms with E-state index in [9.17, 15) is 0 Å². The normalized spacial score (nSPS) is 15.9. The van der Waals surface area contributed by atoms with Crippen LogP contribution in [-0.4, -0.2) is 20.1 Å². The Morgan fingerprint density at radius 2 is 2.18 bits per heavy atom. The fourth-order valence-corrected chi connectivity index (χ4v) is 1.61. The van der Waals surface area contributed by atoms with Gasteiger partial charge >= 0.3 is 7.63 Å². The van der Waals surface area contributed by atoms with E-state index in [1.807, 2.05) is 6.55 Å². The lowest BCUT2D eigenvalue weighted by Crippen LogP contribution is -2.24. The highest BCUT2D eigenvalue weighted by Crippen LogP contribution is 2.11. The van der Waals surface area contributed by atoms with Crippen LogP contribution in [0, 0.1) is 0 Å². The molecule has 0 aromatic heterocycles. The smallest absolute Gasteiger partial charge is 0.311 e. The summed E-state index contributed by atoms with van der Waals surface area (Å²) in [6.07, 6.45) is 1.96. The zero-order chi connectivity index (χ0) is 8.74. The third-order valence-electron chi connectivity index (χ3n) is 1.28. The molecule has 0 rings (SSSR count). The van der Waals surface area contributed by atoms with Crippen molar-refractivity contribution >= 4 is 30.3 Å². The highest BCUT2D eigenvalue weighted by molar-refractivity contribution is 7.18. The molecule has 1 nitrogen and oxygen atoms in total. The molecule has 4 heteroatoms. The third kappa shape index (κ3) is 6.88. The first-order valence-corrected chi connectivity index (χ1v) is 7.68. The van der Waals surface area contributed by atoms with Crippen LogP contribution in [0.15, 0.2) is 12.3 Å². The van der Waals surface area contributed by atoms with Crippen LogP contribution in [0.4, 0.5) is 0 Å². The minimum Gasteiger partial charge on any atom is -0.400 e. The first-order chi connectivity index (χ1) is 5.12. The molecule has 0 heterocycles. The number of halogens is 2. The van der Waals surface area contributed by atoms with Gasteiger partial charge in [-0.1, -0.05) is 5.70 Å². The second-order valence-corrected chi connectivity index (χ2v) is 7.73. The van der Waals surface area contributed by atoms with Crippen LogP contribution in [0.25, 0.3) is 0 Å². The van der Waals surface area contributed by atoms with Crippen molar-refractivity contribution in [3.63, 3.8) is 0 Å². The summed E-state index contributed by atoms with van der Waals surface area (Å²) in [7, 11) is -2.03. The molecule has 66 valence electrons. The van der Waals surface area contributed by atoms with Gasteiger partial charge in [0, 0.05) is 12.5 Å². The Bertz CT molecular complexity index is 117. The molecule has 0 saturated carbocycles. The molecule has 0 bridgehead atoms. The number of unbranched alkanes of at least 4 members (excludes halogenated alkanes) is 1. The number of hydrogen-bond acceptors (Lipinski definition) is 1. The van der Waals surface area contributed by atoms with E-state index in [2.05, 4.69) is 6.58 Å². The Hall–Kier alpha value is 0.497. The summed E-state index contributed by atoms with van der Waals surface area (Å²) >= 11 is 11.5. The molecule has 0 fully saturated rings. The topological polar surface area (TPSA) is 9.23 Å². The van der Waals surface area contributed by atoms with Gasteiger partial charge in [0.25, 0.3) is 0 Å². The minimum atomic E-state index is -2.03. The van der Waals surface area contributed by atoms with Crippen LogP contribution in [-0.2, 0) is 4.43 Å². The van der Waals surface area contributed by atoms with Crippen LogP contribution in [0.2, 0.25) is 6.55 Å². The molecule has 0 N–H and O–H groups in total. The predicted molar refractivity (Wildman–Crippen MR) is 53.6 cm³/mol. The maximum atomic E-state index is 5.97. The summed E-state index contributed by atoms with van der Waals surface area (Å²) in [6, 6.07) is 0. The zero-order valence-electron chi connectivity index (χ0n) is 6.78. The van der Waals surface area contributed by atoms with E-state index in [4.69, 9.17) is 27.1 Å². The molecule has 0 spiro atoms. The van der Waals surface area contributed by atoms with Crippen molar-refractivity contribution in [1.82, 2.24) is 0 Å². The number of rotatable bonds is 6. The van der Waals surface area contributed by atoms with Crippen LogP contribution in [0.1, 0.15) is 12.8 Å². The van der Waals surface area contributed by atoms with Gasteiger partial charge in [-0.25, -0.2) is 0 Å². The fraction of sp³-hybridized carbons (Fsp3) is 0.714. The fourth-order valence-electron chi connectivity index (χ4n) is 0.527. The van der Waals surface area contributed by atoms with Crippen molar-refractivity contribution in [1.29, 1.82) is 0 Å². The maximum Gasteiger partial charge on any atom is 0.311 e. The molecule has 11 heavy (non-hydrogen) atoms. The van der Waals surface area contributed by atoms with Gasteiger partial charge in [-0.3, -0.25) is 0 Å². The van der Waals surface area contributed by atoms with Crippen LogP contribution in [0.3, 0.4) is 0 Å². The molecule has 0 aromatic carbocycles. The first kappa shape index (κ1) is 11.5. The second kappa shape index (κ2) is 6.06. The Kier molecular flexibility index (Phi) is 6.34. The van der Waals surface area contributed by atoms with E-state index in [0.29, 0.717) is 12.5 Å². The van der Waals surface area contributed by atoms with E-state index in [1.54, 1.807) is 5.70 Å². The van der Waals surface area contributed by atoms with E-state index >= 15 is 0 Å². The SMILES string of the molecule is C=C[Si](C)(Cl)OCCCCCl. The first-order valence-electron chi connectivity index (χ1n) is 3.65.